The van der Waals surface area contributed by atoms with Crippen molar-refractivity contribution >= 4 is 51.5 Å². The summed E-state index contributed by atoms with van der Waals surface area (Å²) >= 11 is 7.55. The van der Waals surface area contributed by atoms with Gasteiger partial charge in [0.15, 0.2) is 0 Å². The van der Waals surface area contributed by atoms with Crippen molar-refractivity contribution in [1.29, 1.82) is 0 Å². The zero-order valence-corrected chi connectivity index (χ0v) is 22.4. The number of aromatic nitrogens is 2. The quantitative estimate of drug-likeness (QED) is 0.255. The SMILES string of the molecule is CCC(C)/C(=C\c1sc(C(=O)O)cc1C)c1ccc(O)cc1Cl.Cc1ccc2c(=O)[nH]c(C)nc2c1. The average Bonchev–Trinajstić information content (AvgIpc) is 3.18. The number of hydrogen-bond acceptors (Lipinski definition) is 5. The molecule has 2 heterocycles. The number of carbonyl (C=O) groups is 1. The van der Waals surface area contributed by atoms with Crippen molar-refractivity contribution in [3.8, 4) is 5.75 Å². The normalized spacial score (nSPS) is 12.2. The molecule has 6 nitrogen and oxygen atoms in total. The molecule has 0 radical (unpaired) electrons. The number of allylic oxidation sites excluding steroid dienone is 1. The van der Waals surface area contributed by atoms with Crippen LogP contribution in [0.25, 0.3) is 22.6 Å². The van der Waals surface area contributed by atoms with E-state index in [1.807, 2.05) is 32.1 Å². The summed E-state index contributed by atoms with van der Waals surface area (Å²) < 4.78 is 0. The van der Waals surface area contributed by atoms with Crippen molar-refractivity contribution in [1.82, 2.24) is 9.97 Å². The van der Waals surface area contributed by atoms with E-state index >= 15 is 0 Å². The van der Waals surface area contributed by atoms with Crippen molar-refractivity contribution in [2.24, 2.45) is 5.92 Å². The van der Waals surface area contributed by atoms with Crippen LogP contribution in [0.3, 0.4) is 0 Å². The second kappa shape index (κ2) is 11.5. The number of aryl methyl sites for hydroxylation is 3. The molecule has 0 bridgehead atoms. The predicted molar refractivity (Wildman–Crippen MR) is 148 cm³/mol. The summed E-state index contributed by atoms with van der Waals surface area (Å²) in [4.78, 5) is 30.7. The van der Waals surface area contributed by atoms with Gasteiger partial charge in [0.05, 0.1) is 15.9 Å². The van der Waals surface area contributed by atoms with Gasteiger partial charge in [-0.3, -0.25) is 4.79 Å². The highest BCUT2D eigenvalue weighted by Gasteiger charge is 2.16. The lowest BCUT2D eigenvalue weighted by Gasteiger charge is -2.16. The molecule has 0 saturated heterocycles. The Morgan fingerprint density at radius 3 is 2.50 bits per heavy atom. The van der Waals surface area contributed by atoms with Crippen LogP contribution in [0, 0.1) is 26.7 Å². The first-order chi connectivity index (χ1) is 17.0. The van der Waals surface area contributed by atoms with Crippen LogP contribution >= 0.6 is 22.9 Å². The molecule has 8 heteroatoms. The molecule has 4 aromatic rings. The van der Waals surface area contributed by atoms with Crippen LogP contribution in [0.2, 0.25) is 5.02 Å². The highest BCUT2D eigenvalue weighted by Crippen LogP contribution is 2.36. The molecule has 36 heavy (non-hydrogen) atoms. The first kappa shape index (κ1) is 27.2. The number of aromatic carboxylic acids is 1. The Morgan fingerprint density at radius 1 is 1.17 bits per heavy atom. The molecule has 0 spiro atoms. The summed E-state index contributed by atoms with van der Waals surface area (Å²) in [5, 5.41) is 19.8. The van der Waals surface area contributed by atoms with Crippen molar-refractivity contribution in [2.75, 3.05) is 0 Å². The number of aromatic hydroxyl groups is 1. The Balaban J connectivity index is 0.000000233. The minimum absolute atomic E-state index is 0.0671. The number of nitrogens with zero attached hydrogens (tertiary/aromatic N) is 1. The number of benzene rings is 2. The van der Waals surface area contributed by atoms with Gasteiger partial charge in [-0.25, -0.2) is 9.78 Å². The number of carboxylic acid groups (broad SMARTS) is 1. The molecule has 0 fully saturated rings. The van der Waals surface area contributed by atoms with E-state index in [4.69, 9.17) is 16.7 Å². The van der Waals surface area contributed by atoms with Crippen LogP contribution in [-0.2, 0) is 0 Å². The molecule has 0 aliphatic rings. The summed E-state index contributed by atoms with van der Waals surface area (Å²) in [7, 11) is 0. The van der Waals surface area contributed by atoms with Gasteiger partial charge in [0.1, 0.15) is 16.5 Å². The number of rotatable bonds is 5. The van der Waals surface area contributed by atoms with Gasteiger partial charge in [-0.05, 0) is 97.8 Å². The van der Waals surface area contributed by atoms with E-state index in [0.717, 1.165) is 39.1 Å². The third-order valence-corrected chi connectivity index (χ3v) is 7.33. The lowest BCUT2D eigenvalue weighted by Crippen LogP contribution is -2.09. The number of fused-ring (bicyclic) bond motifs is 1. The molecule has 1 unspecified atom stereocenters. The van der Waals surface area contributed by atoms with Crippen LogP contribution < -0.4 is 5.56 Å². The predicted octanol–water partition coefficient (Wildman–Crippen LogP) is 7.24. The Hall–Kier alpha value is -3.42. The number of hydrogen-bond donors (Lipinski definition) is 3. The number of thiophene rings is 1. The Bertz CT molecular complexity index is 1500. The van der Waals surface area contributed by atoms with Gasteiger partial charge in [-0.15, -0.1) is 11.3 Å². The number of aromatic amines is 1. The van der Waals surface area contributed by atoms with E-state index in [-0.39, 0.29) is 17.2 Å². The molecule has 2 aromatic carbocycles. The molecule has 0 aliphatic carbocycles. The minimum atomic E-state index is -0.912. The molecular weight excluding hydrogens is 496 g/mol. The maximum absolute atomic E-state index is 11.4. The molecule has 3 N–H and O–H groups in total. The molecule has 0 aliphatic heterocycles. The number of carboxylic acids is 1. The first-order valence-electron chi connectivity index (χ1n) is 11.5. The maximum Gasteiger partial charge on any atom is 0.345 e. The second-order valence-electron chi connectivity index (χ2n) is 8.71. The highest BCUT2D eigenvalue weighted by molar-refractivity contribution is 7.15. The van der Waals surface area contributed by atoms with Crippen molar-refractivity contribution in [2.45, 2.75) is 41.0 Å². The lowest BCUT2D eigenvalue weighted by atomic mass is 9.91. The standard InChI is InChI=1S/C18H19ClO3S.C10H10N2O/c1-4-10(2)14(13-6-5-12(20)8-15(13)19)9-16-11(3)7-17(23-16)18(21)22;1-6-3-4-8-9(5-6)11-7(2)12-10(8)13/h5-10,20H,4H2,1-3H3,(H,21,22);3-5H,1-2H3,(H,11,12,13)/b14-9+;. The highest BCUT2D eigenvalue weighted by atomic mass is 35.5. The fraction of sp³-hybridized carbons (Fsp3) is 0.250. The third kappa shape index (κ3) is 6.42. The smallest absolute Gasteiger partial charge is 0.345 e. The third-order valence-electron chi connectivity index (χ3n) is 5.84. The average molecular weight is 525 g/mol. The van der Waals surface area contributed by atoms with Gasteiger partial charge in [-0.2, -0.15) is 0 Å². The molecule has 2 aromatic heterocycles. The summed E-state index contributed by atoms with van der Waals surface area (Å²) in [6, 6.07) is 12.3. The first-order valence-corrected chi connectivity index (χ1v) is 12.7. The summed E-state index contributed by atoms with van der Waals surface area (Å²) in [5.74, 6) is 0.128. The Kier molecular flexibility index (Phi) is 8.71. The number of halogens is 1. The van der Waals surface area contributed by atoms with E-state index in [0.29, 0.717) is 21.1 Å². The fourth-order valence-corrected chi connectivity index (χ4v) is 4.95. The zero-order chi connectivity index (χ0) is 26.6. The fourth-order valence-electron chi connectivity index (χ4n) is 3.70. The van der Waals surface area contributed by atoms with Gasteiger partial charge >= 0.3 is 5.97 Å². The van der Waals surface area contributed by atoms with Crippen LogP contribution in [0.4, 0.5) is 0 Å². The molecular formula is C28H29ClN2O4S. The van der Waals surface area contributed by atoms with Gasteiger partial charge in [0, 0.05) is 4.88 Å². The molecule has 4 rings (SSSR count). The second-order valence-corrected chi connectivity index (χ2v) is 10.2. The Morgan fingerprint density at radius 2 is 1.89 bits per heavy atom. The number of phenolic OH excluding ortho intramolecular Hbond substituents is 1. The van der Waals surface area contributed by atoms with Gasteiger partial charge in [0.2, 0.25) is 0 Å². The van der Waals surface area contributed by atoms with Crippen LogP contribution in [-0.4, -0.2) is 26.2 Å². The van der Waals surface area contributed by atoms with E-state index in [9.17, 15) is 14.7 Å². The zero-order valence-electron chi connectivity index (χ0n) is 20.8. The van der Waals surface area contributed by atoms with E-state index in [2.05, 4.69) is 23.8 Å². The molecule has 1 atom stereocenters. The maximum atomic E-state index is 11.4. The van der Waals surface area contributed by atoms with E-state index in [1.54, 1.807) is 31.2 Å². The molecule has 188 valence electrons. The summed E-state index contributed by atoms with van der Waals surface area (Å²) in [6.07, 6.45) is 2.94. The van der Waals surface area contributed by atoms with Gasteiger partial charge in [0.25, 0.3) is 5.56 Å². The van der Waals surface area contributed by atoms with Crippen molar-refractivity contribution in [3.05, 3.63) is 90.1 Å². The number of H-pyrrole nitrogens is 1. The van der Waals surface area contributed by atoms with Crippen molar-refractivity contribution < 1.29 is 15.0 Å². The number of nitrogens with one attached hydrogen (secondary N) is 1. The van der Waals surface area contributed by atoms with Crippen molar-refractivity contribution in [3.63, 3.8) is 0 Å². The number of phenols is 1. The van der Waals surface area contributed by atoms with Crippen LogP contribution in [0.1, 0.15) is 57.3 Å². The van der Waals surface area contributed by atoms with Crippen LogP contribution in [0.5, 0.6) is 5.75 Å². The minimum Gasteiger partial charge on any atom is -0.508 e. The monoisotopic (exact) mass is 524 g/mol. The lowest BCUT2D eigenvalue weighted by molar-refractivity contribution is 0.0702. The van der Waals surface area contributed by atoms with Crippen LogP contribution in [0.15, 0.2) is 47.3 Å². The molecule has 0 amide bonds. The van der Waals surface area contributed by atoms with Gasteiger partial charge < -0.3 is 15.2 Å². The topological polar surface area (TPSA) is 103 Å². The largest absolute Gasteiger partial charge is 0.508 e. The summed E-state index contributed by atoms with van der Waals surface area (Å²) in [5.41, 5.74) is 4.65. The van der Waals surface area contributed by atoms with E-state index in [1.165, 1.54) is 17.4 Å². The Labute approximate surface area is 218 Å². The van der Waals surface area contributed by atoms with Gasteiger partial charge in [-0.1, -0.05) is 31.5 Å². The summed E-state index contributed by atoms with van der Waals surface area (Å²) in [6.45, 7) is 9.87. The molecule has 0 saturated carbocycles. The van der Waals surface area contributed by atoms with E-state index < -0.39 is 5.97 Å².